The summed E-state index contributed by atoms with van der Waals surface area (Å²) in [5.41, 5.74) is 0. The van der Waals surface area contributed by atoms with E-state index < -0.39 is 0 Å². The van der Waals surface area contributed by atoms with Crippen LogP contribution in [0.25, 0.3) is 0 Å². The van der Waals surface area contributed by atoms with Crippen molar-refractivity contribution in [2.24, 2.45) is 5.92 Å². The predicted molar refractivity (Wildman–Crippen MR) is 203 cm³/mol. The second-order valence-corrected chi connectivity index (χ2v) is 13.8. The van der Waals surface area contributed by atoms with Gasteiger partial charge < -0.3 is 9.84 Å². The molecule has 0 heterocycles. The molecule has 0 rings (SSSR count). The summed E-state index contributed by atoms with van der Waals surface area (Å²) in [6.45, 7) is 11.7. The molecule has 0 radical (unpaired) electrons. The van der Waals surface area contributed by atoms with E-state index in [-0.39, 0.29) is 18.5 Å². The maximum Gasteiger partial charge on any atom is 0.308 e. The van der Waals surface area contributed by atoms with Crippen LogP contribution in [0.5, 0.6) is 0 Å². The Kier molecular flexibility index (Phi) is 35.8. The molecule has 2 atom stereocenters. The standard InChI is InChI=1S/C42H81NO3/c1-5-9-13-16-17-18-19-20-21-22-23-24-25-26-27-29-36-43(37-38-44)41(34-12-8-4)35-31-33-40(32-28-14-10-6-2)42(45)46-39-30-15-11-7-3/h17-18,20-21,40-41,44H,5-16,19,22-39H2,1-4H3/b18-17-,21-20-. The smallest absolute Gasteiger partial charge is 0.308 e. The lowest BCUT2D eigenvalue weighted by Gasteiger charge is -2.32. The predicted octanol–water partition coefficient (Wildman–Crippen LogP) is 12.5. The van der Waals surface area contributed by atoms with Crippen LogP contribution in [0, 0.1) is 5.92 Å². The van der Waals surface area contributed by atoms with E-state index in [1.54, 1.807) is 0 Å². The van der Waals surface area contributed by atoms with Gasteiger partial charge in [-0.25, -0.2) is 0 Å². The Balaban J connectivity index is 4.54. The van der Waals surface area contributed by atoms with Gasteiger partial charge in [0.2, 0.25) is 0 Å². The minimum atomic E-state index is 0.0478. The summed E-state index contributed by atoms with van der Waals surface area (Å²) in [6.07, 6.45) is 41.8. The van der Waals surface area contributed by atoms with Gasteiger partial charge in [0.25, 0.3) is 0 Å². The van der Waals surface area contributed by atoms with E-state index >= 15 is 0 Å². The first-order chi connectivity index (χ1) is 22.6. The minimum absolute atomic E-state index is 0.0478. The minimum Gasteiger partial charge on any atom is -0.465 e. The van der Waals surface area contributed by atoms with Crippen LogP contribution in [0.3, 0.4) is 0 Å². The van der Waals surface area contributed by atoms with E-state index in [2.05, 4.69) is 56.9 Å². The molecule has 4 nitrogen and oxygen atoms in total. The Hall–Kier alpha value is -1.13. The number of nitrogens with zero attached hydrogens (tertiary/aromatic N) is 1. The first kappa shape index (κ1) is 44.9. The van der Waals surface area contributed by atoms with Crippen molar-refractivity contribution in [1.82, 2.24) is 4.90 Å². The first-order valence-electron chi connectivity index (χ1n) is 20.5. The van der Waals surface area contributed by atoms with E-state index in [1.165, 1.54) is 122 Å². The normalized spacial score (nSPS) is 13.3. The van der Waals surface area contributed by atoms with Crippen molar-refractivity contribution in [3.8, 4) is 0 Å². The molecule has 0 aliphatic heterocycles. The number of carbonyl (C=O) groups excluding carboxylic acids is 1. The number of allylic oxidation sites excluding steroid dienone is 4. The number of aliphatic hydroxyl groups is 1. The van der Waals surface area contributed by atoms with Crippen LogP contribution in [-0.2, 0) is 9.53 Å². The molecule has 0 aliphatic carbocycles. The summed E-state index contributed by atoms with van der Waals surface area (Å²) in [4.78, 5) is 15.6. The van der Waals surface area contributed by atoms with Crippen LogP contribution in [0.4, 0.5) is 0 Å². The van der Waals surface area contributed by atoms with Crippen molar-refractivity contribution in [3.05, 3.63) is 24.3 Å². The van der Waals surface area contributed by atoms with Crippen molar-refractivity contribution in [2.45, 2.75) is 207 Å². The molecule has 4 heteroatoms. The third-order valence-corrected chi connectivity index (χ3v) is 9.51. The van der Waals surface area contributed by atoms with Gasteiger partial charge in [0.1, 0.15) is 0 Å². The second-order valence-electron chi connectivity index (χ2n) is 13.8. The zero-order chi connectivity index (χ0) is 33.8. The monoisotopic (exact) mass is 648 g/mol. The fraction of sp³-hybridized carbons (Fsp3) is 0.881. The number of ether oxygens (including phenoxy) is 1. The topological polar surface area (TPSA) is 49.8 Å². The molecule has 0 aromatic heterocycles. The van der Waals surface area contributed by atoms with Gasteiger partial charge in [-0.1, -0.05) is 155 Å². The fourth-order valence-corrected chi connectivity index (χ4v) is 6.47. The van der Waals surface area contributed by atoms with Crippen molar-refractivity contribution in [1.29, 1.82) is 0 Å². The first-order valence-corrected chi connectivity index (χ1v) is 20.5. The SMILES string of the molecule is CCCCC/C=C\C/C=C\CCCCCCCCN(CCO)C(CCCC)CCCC(CCCCCC)C(=O)OCCCCCC. The summed E-state index contributed by atoms with van der Waals surface area (Å²) in [5, 5.41) is 9.90. The van der Waals surface area contributed by atoms with Gasteiger partial charge in [0, 0.05) is 12.6 Å². The number of unbranched alkanes of at least 4 members (excludes halogenated alkanes) is 16. The Labute approximate surface area is 288 Å². The van der Waals surface area contributed by atoms with Gasteiger partial charge in [-0.15, -0.1) is 0 Å². The molecule has 0 saturated heterocycles. The molecule has 1 N–H and O–H groups in total. The van der Waals surface area contributed by atoms with Crippen LogP contribution >= 0.6 is 0 Å². The maximum absolute atomic E-state index is 13.0. The van der Waals surface area contributed by atoms with Crippen LogP contribution in [-0.4, -0.2) is 48.3 Å². The number of rotatable bonds is 36. The second kappa shape index (κ2) is 36.7. The quantitative estimate of drug-likeness (QED) is 0.0417. The maximum atomic E-state index is 13.0. The summed E-state index contributed by atoms with van der Waals surface area (Å²) >= 11 is 0. The zero-order valence-corrected chi connectivity index (χ0v) is 31.6. The van der Waals surface area contributed by atoms with Crippen molar-refractivity contribution >= 4 is 5.97 Å². The van der Waals surface area contributed by atoms with E-state index in [1.807, 2.05) is 0 Å². The van der Waals surface area contributed by atoms with Crippen molar-refractivity contribution in [2.75, 3.05) is 26.3 Å². The highest BCUT2D eigenvalue weighted by molar-refractivity contribution is 5.72. The number of hydrogen-bond donors (Lipinski definition) is 1. The van der Waals surface area contributed by atoms with E-state index in [4.69, 9.17) is 4.74 Å². The summed E-state index contributed by atoms with van der Waals surface area (Å²) < 4.78 is 5.77. The number of hydrogen-bond acceptors (Lipinski definition) is 4. The molecule has 0 amide bonds. The third kappa shape index (κ3) is 29.0. The van der Waals surface area contributed by atoms with E-state index in [0.717, 1.165) is 64.5 Å². The zero-order valence-electron chi connectivity index (χ0n) is 31.6. The molecule has 2 unspecified atom stereocenters. The van der Waals surface area contributed by atoms with Crippen molar-refractivity contribution < 1.29 is 14.6 Å². The number of carbonyl (C=O) groups is 1. The average molecular weight is 648 g/mol. The molecule has 0 fully saturated rings. The molecule has 46 heavy (non-hydrogen) atoms. The molecule has 0 saturated carbocycles. The average Bonchev–Trinajstić information content (AvgIpc) is 3.06. The van der Waals surface area contributed by atoms with E-state index in [0.29, 0.717) is 12.6 Å². The lowest BCUT2D eigenvalue weighted by Crippen LogP contribution is -2.38. The highest BCUT2D eigenvalue weighted by Crippen LogP contribution is 2.23. The Morgan fingerprint density at radius 2 is 1.09 bits per heavy atom. The van der Waals surface area contributed by atoms with Crippen LogP contribution in [0.2, 0.25) is 0 Å². The molecule has 0 aromatic carbocycles. The molecular weight excluding hydrogens is 566 g/mol. The highest BCUT2D eigenvalue weighted by Gasteiger charge is 2.22. The molecule has 272 valence electrons. The molecule has 0 aromatic rings. The van der Waals surface area contributed by atoms with Gasteiger partial charge in [-0.2, -0.15) is 0 Å². The molecular formula is C42H81NO3. The van der Waals surface area contributed by atoms with Gasteiger partial charge in [0.15, 0.2) is 0 Å². The van der Waals surface area contributed by atoms with Gasteiger partial charge in [-0.3, -0.25) is 9.69 Å². The third-order valence-electron chi connectivity index (χ3n) is 9.51. The lowest BCUT2D eigenvalue weighted by atomic mass is 9.92. The van der Waals surface area contributed by atoms with Crippen molar-refractivity contribution in [3.63, 3.8) is 0 Å². The summed E-state index contributed by atoms with van der Waals surface area (Å²) in [7, 11) is 0. The largest absolute Gasteiger partial charge is 0.465 e. The summed E-state index contributed by atoms with van der Waals surface area (Å²) in [5.74, 6) is 0.0976. The van der Waals surface area contributed by atoms with Gasteiger partial charge >= 0.3 is 5.97 Å². The van der Waals surface area contributed by atoms with Gasteiger partial charge in [-0.05, 0) is 77.2 Å². The van der Waals surface area contributed by atoms with Gasteiger partial charge in [0.05, 0.1) is 19.1 Å². The molecule has 0 aliphatic rings. The summed E-state index contributed by atoms with van der Waals surface area (Å²) in [6, 6.07) is 0.510. The lowest BCUT2D eigenvalue weighted by molar-refractivity contribution is -0.149. The Morgan fingerprint density at radius 3 is 1.74 bits per heavy atom. The number of aliphatic hydroxyl groups excluding tert-OH is 1. The van der Waals surface area contributed by atoms with Crippen LogP contribution in [0.15, 0.2) is 24.3 Å². The number of esters is 1. The fourth-order valence-electron chi connectivity index (χ4n) is 6.47. The Bertz CT molecular complexity index is 676. The highest BCUT2D eigenvalue weighted by atomic mass is 16.5. The molecule has 0 spiro atoms. The Morgan fingerprint density at radius 1 is 0.565 bits per heavy atom. The van der Waals surface area contributed by atoms with Crippen LogP contribution in [0.1, 0.15) is 201 Å². The van der Waals surface area contributed by atoms with E-state index in [9.17, 15) is 9.90 Å². The molecule has 0 bridgehead atoms. The van der Waals surface area contributed by atoms with Crippen LogP contribution < -0.4 is 0 Å².